The van der Waals surface area contributed by atoms with Crippen LogP contribution < -0.4 is 22.1 Å². The summed E-state index contributed by atoms with van der Waals surface area (Å²) in [5.74, 6) is -156. The number of halogens is 42. The highest BCUT2D eigenvalue weighted by Crippen LogP contribution is 2.69. The van der Waals surface area contributed by atoms with E-state index in [0.717, 1.165) is 0 Å². The highest BCUT2D eigenvalue weighted by molar-refractivity contribution is 7.30. The summed E-state index contributed by atoms with van der Waals surface area (Å²) < 4.78 is 575. The van der Waals surface area contributed by atoms with E-state index in [1.54, 1.807) is 0 Å². The Morgan fingerprint density at radius 2 is 0.355 bits per heavy atom. The molecular weight excluding hydrogens is 1270 g/mol. The Balaban J connectivity index is -0.000000665. The molecule has 0 heterocycles. The predicted molar refractivity (Wildman–Crippen MR) is 149 cm³/mol. The SMILES string of the molecule is O=[P+]([O-])OCCC(F)(F)C(F)(F)C(F)(F)C(F)(F)C(F)(F)C(F)(F)C(F)(F)C(F)(F)C(F)(F)C(F)(F)F.O=[P+]([O-])OCCC(F)(F)C(F)(F)C(F)(F)C(F)(F)C(F)(F)C(F)(F)C(F)(F)C(F)(F)C(F)(F)C(F)(F)F.[NH4+].[NH4+]. The molecule has 2 unspecified atom stereocenters. The Morgan fingerprint density at radius 1 is 0.237 bits per heavy atom. The van der Waals surface area contributed by atoms with Gasteiger partial charge in [0.1, 0.15) is 13.2 Å². The lowest BCUT2D eigenvalue weighted by atomic mass is 9.86. The van der Waals surface area contributed by atoms with Crippen LogP contribution in [0.5, 0.6) is 0 Å². The van der Waals surface area contributed by atoms with E-state index < -0.39 is 162 Å². The zero-order valence-electron chi connectivity index (χ0n) is 34.0. The molecule has 0 aliphatic heterocycles. The molecule has 52 heteroatoms. The summed E-state index contributed by atoms with van der Waals surface area (Å²) in [6, 6.07) is 0. The molecule has 0 aromatic rings. The number of rotatable bonds is 24. The summed E-state index contributed by atoms with van der Waals surface area (Å²) in [4.78, 5) is 19.8. The van der Waals surface area contributed by atoms with Gasteiger partial charge in [0.05, 0.1) is 0 Å². The topological polar surface area (TPSA) is 172 Å². The van der Waals surface area contributed by atoms with Crippen molar-refractivity contribution in [2.24, 2.45) is 0 Å². The van der Waals surface area contributed by atoms with E-state index in [9.17, 15) is 203 Å². The van der Waals surface area contributed by atoms with E-state index in [0.29, 0.717) is 0 Å². The van der Waals surface area contributed by atoms with Gasteiger partial charge in [0.25, 0.3) is 0 Å². The van der Waals surface area contributed by atoms with Crippen LogP contribution in [0.25, 0.3) is 0 Å². The van der Waals surface area contributed by atoms with Crippen LogP contribution >= 0.6 is 16.5 Å². The van der Waals surface area contributed by atoms with Gasteiger partial charge in [-0.2, -0.15) is 184 Å². The first-order valence-corrected chi connectivity index (χ1v) is 18.0. The Morgan fingerprint density at radius 3 is 0.474 bits per heavy atom. The van der Waals surface area contributed by atoms with E-state index in [-0.39, 0.29) is 12.3 Å². The lowest BCUT2D eigenvalue weighted by Gasteiger charge is -2.44. The molecule has 460 valence electrons. The Bertz CT molecular complexity index is 1840. The van der Waals surface area contributed by atoms with Gasteiger partial charge in [-0.05, 0) is 9.13 Å². The second-order valence-electron chi connectivity index (χ2n) is 13.2. The summed E-state index contributed by atoms with van der Waals surface area (Å²) in [5.41, 5.74) is 0. The van der Waals surface area contributed by atoms with E-state index in [4.69, 9.17) is 0 Å². The molecule has 8 N–H and O–H groups in total. The molecule has 2 atom stereocenters. The molecule has 76 heavy (non-hydrogen) atoms. The average Bonchev–Trinajstić information content (AvgIpc) is 3.15. The summed E-state index contributed by atoms with van der Waals surface area (Å²) in [6.07, 6.45) is -22.3. The van der Waals surface area contributed by atoms with Crippen molar-refractivity contribution in [3.8, 4) is 0 Å². The predicted octanol–water partition coefficient (Wildman–Crippen LogP) is 14.1. The van der Waals surface area contributed by atoms with Crippen LogP contribution in [-0.2, 0) is 18.2 Å². The molecule has 0 aliphatic rings. The minimum atomic E-state index is -9.24. The third-order valence-electron chi connectivity index (χ3n) is 8.38. The zero-order valence-corrected chi connectivity index (χ0v) is 35.8. The molecule has 0 saturated carbocycles. The molecule has 0 spiro atoms. The number of hydrogen-bond donors (Lipinski definition) is 2. The largest absolute Gasteiger partial charge is 0.566 e. The van der Waals surface area contributed by atoms with Crippen molar-refractivity contribution in [1.29, 1.82) is 0 Å². The summed E-state index contributed by atoms with van der Waals surface area (Å²) in [6.45, 7) is -4.65. The smallest absolute Gasteiger partial charge is 0.488 e. The van der Waals surface area contributed by atoms with E-state index in [1.165, 1.54) is 0 Å². The molecule has 0 rings (SSSR count). The minimum absolute atomic E-state index is 0. The van der Waals surface area contributed by atoms with Crippen molar-refractivity contribution in [1.82, 2.24) is 12.3 Å². The second kappa shape index (κ2) is 21.8. The third-order valence-corrected chi connectivity index (χ3v) is 9.16. The highest BCUT2D eigenvalue weighted by atomic mass is 31.1. The van der Waals surface area contributed by atoms with Crippen molar-refractivity contribution < 1.29 is 212 Å². The number of hydrogen-bond acceptors (Lipinski definition) is 6. The van der Waals surface area contributed by atoms with Crippen LogP contribution in [0, 0.1) is 0 Å². The Kier molecular flexibility index (Phi) is 22.8. The van der Waals surface area contributed by atoms with Crippen molar-refractivity contribution >= 4 is 16.5 Å². The lowest BCUT2D eigenvalue weighted by Crippen LogP contribution is -2.76. The monoisotopic (exact) mass is 1290 g/mol. The quantitative estimate of drug-likeness (QED) is 0.0719. The molecule has 0 saturated heterocycles. The maximum absolute atomic E-state index is 13.5. The number of alkyl halides is 42. The first kappa shape index (κ1) is 79.5. The molecule has 0 radical (unpaired) electrons. The van der Waals surface area contributed by atoms with Gasteiger partial charge in [0, 0.05) is 12.8 Å². The summed E-state index contributed by atoms with van der Waals surface area (Å²) in [5, 5.41) is 0. The molecule has 0 aliphatic carbocycles. The Labute approximate surface area is 387 Å². The first-order valence-electron chi connectivity index (χ1n) is 15.8. The molecule has 0 bridgehead atoms. The summed E-state index contributed by atoms with van der Waals surface area (Å²) in [7, 11) is -8.49. The van der Waals surface area contributed by atoms with Crippen LogP contribution in [0.1, 0.15) is 12.8 Å². The maximum Gasteiger partial charge on any atom is 0.488 e. The molecule has 0 fully saturated rings. The first-order chi connectivity index (χ1) is 31.3. The van der Waals surface area contributed by atoms with E-state index in [1.807, 2.05) is 0 Å². The van der Waals surface area contributed by atoms with Crippen molar-refractivity contribution in [3.05, 3.63) is 0 Å². The van der Waals surface area contributed by atoms with Gasteiger partial charge in [-0.1, -0.05) is 0 Å². The van der Waals surface area contributed by atoms with E-state index >= 15 is 0 Å². The highest BCUT2D eigenvalue weighted by Gasteiger charge is 3.00. The van der Waals surface area contributed by atoms with Crippen LogP contribution in [0.4, 0.5) is 184 Å². The van der Waals surface area contributed by atoms with Crippen LogP contribution in [0.3, 0.4) is 0 Å². The molecule has 0 aromatic heterocycles. The number of quaternary nitrogens is 2. The van der Waals surface area contributed by atoms with Crippen molar-refractivity contribution in [2.75, 3.05) is 13.2 Å². The van der Waals surface area contributed by atoms with Gasteiger partial charge < -0.3 is 22.1 Å². The van der Waals surface area contributed by atoms with Crippen LogP contribution in [0.2, 0.25) is 0 Å². The standard InChI is InChI=1S/2C12H4F21O3P.2H3N/c2*13-3(14,1-2-36-37(34)35)4(15,16)5(17,18)6(19,20)7(21,22)8(23,24)9(25,26)10(27,28)11(29,30)12(31,32)33;;/h2*1-2H2;2*1H3/p+2. The molecule has 0 amide bonds. The third kappa shape index (κ3) is 11.6. The van der Waals surface area contributed by atoms with Gasteiger partial charge in [-0.15, -0.1) is 9.05 Å². The van der Waals surface area contributed by atoms with Gasteiger partial charge in [-0.25, -0.2) is 0 Å². The van der Waals surface area contributed by atoms with Gasteiger partial charge in [0.15, 0.2) is 0 Å². The lowest BCUT2D eigenvalue weighted by molar-refractivity contribution is -0.474. The maximum atomic E-state index is 13.5. The fraction of sp³-hybridized carbons (Fsp3) is 1.00. The fourth-order valence-electron chi connectivity index (χ4n) is 3.99. The van der Waals surface area contributed by atoms with Crippen molar-refractivity contribution in [3.63, 3.8) is 0 Å². The molecule has 0 aromatic carbocycles. The normalized spacial score (nSPS) is 16.3. The van der Waals surface area contributed by atoms with Crippen LogP contribution in [0.15, 0.2) is 0 Å². The molecular formula is C24H16F42N2O6P2+2. The fourth-order valence-corrected chi connectivity index (χ4v) is 4.47. The minimum Gasteiger partial charge on any atom is -0.566 e. The van der Waals surface area contributed by atoms with Gasteiger partial charge >= 0.3 is 135 Å². The van der Waals surface area contributed by atoms with Gasteiger partial charge in [0.2, 0.25) is 0 Å². The van der Waals surface area contributed by atoms with E-state index in [2.05, 4.69) is 9.05 Å². The zero-order chi connectivity index (χ0) is 61.4. The van der Waals surface area contributed by atoms with Gasteiger partial charge in [-0.3, -0.25) is 0 Å². The average molecular weight is 1290 g/mol. The van der Waals surface area contributed by atoms with Crippen molar-refractivity contribution in [2.45, 2.75) is 132 Å². The van der Waals surface area contributed by atoms with Crippen LogP contribution in [-0.4, -0.2) is 132 Å². The Hall–Kier alpha value is -2.98. The summed E-state index contributed by atoms with van der Waals surface area (Å²) >= 11 is 0. The second-order valence-corrected chi connectivity index (χ2v) is 14.6. The molecule has 8 nitrogen and oxygen atoms in total.